The highest BCUT2D eigenvalue weighted by Gasteiger charge is 2.39. The van der Waals surface area contributed by atoms with Gasteiger partial charge in [0.1, 0.15) is 12.2 Å². The van der Waals surface area contributed by atoms with E-state index in [0.717, 1.165) is 31.9 Å². The van der Waals surface area contributed by atoms with Crippen molar-refractivity contribution in [2.24, 2.45) is 5.41 Å². The molecule has 0 saturated heterocycles. The summed E-state index contributed by atoms with van der Waals surface area (Å²) in [7, 11) is 0. The van der Waals surface area contributed by atoms with E-state index in [0.29, 0.717) is 5.41 Å². The largest absolute Gasteiger partial charge is 0.309 e. The minimum Gasteiger partial charge on any atom is -0.309 e. The Morgan fingerprint density at radius 3 is 2.88 bits per heavy atom. The van der Waals surface area contributed by atoms with Crippen molar-refractivity contribution in [2.45, 2.75) is 52.6 Å². The molecule has 1 fully saturated rings. The highest BCUT2D eigenvalue weighted by molar-refractivity contribution is 4.94. The average molecular weight is 222 g/mol. The number of rotatable bonds is 7. The zero-order chi connectivity index (χ0) is 11.4. The maximum Gasteiger partial charge on any atom is 0.140 e. The average Bonchev–Trinajstić information content (AvgIpc) is 2.95. The number of nitrogens with one attached hydrogen (secondary N) is 1. The molecule has 4 heteroatoms. The number of hydrogen-bond acceptors (Lipinski definition) is 3. The molecule has 2 rings (SSSR count). The summed E-state index contributed by atoms with van der Waals surface area (Å²) >= 11 is 0. The molecule has 1 aliphatic rings. The van der Waals surface area contributed by atoms with Crippen molar-refractivity contribution in [3.8, 4) is 0 Å². The lowest BCUT2D eigenvalue weighted by Gasteiger charge is -2.13. The standard InChI is InChI=1S/C12H22N4/c1-3-7-16-11(14-10-15-16)8-13-9-12(4-2)5-6-12/h10,13H,3-9H2,1-2H3. The predicted octanol–water partition coefficient (Wildman–Crippen LogP) is 1.97. The van der Waals surface area contributed by atoms with E-state index >= 15 is 0 Å². The second-order valence-electron chi connectivity index (χ2n) is 4.86. The minimum atomic E-state index is 0.607. The highest BCUT2D eigenvalue weighted by Crippen LogP contribution is 2.47. The Kier molecular flexibility index (Phi) is 3.59. The lowest BCUT2D eigenvalue weighted by molar-refractivity contribution is 0.432. The van der Waals surface area contributed by atoms with Crippen molar-refractivity contribution in [3.05, 3.63) is 12.2 Å². The lowest BCUT2D eigenvalue weighted by Crippen LogP contribution is -2.25. The summed E-state index contributed by atoms with van der Waals surface area (Å²) in [5.74, 6) is 1.06. The molecule has 16 heavy (non-hydrogen) atoms. The summed E-state index contributed by atoms with van der Waals surface area (Å²) in [6.07, 6.45) is 6.83. The summed E-state index contributed by atoms with van der Waals surface area (Å²) in [5.41, 5.74) is 0.607. The Morgan fingerprint density at radius 1 is 1.44 bits per heavy atom. The first kappa shape index (κ1) is 11.6. The zero-order valence-corrected chi connectivity index (χ0v) is 10.4. The molecule has 1 N–H and O–H groups in total. The zero-order valence-electron chi connectivity index (χ0n) is 10.4. The maximum atomic E-state index is 4.29. The summed E-state index contributed by atoms with van der Waals surface area (Å²) in [6.45, 7) is 7.39. The second-order valence-corrected chi connectivity index (χ2v) is 4.86. The summed E-state index contributed by atoms with van der Waals surface area (Å²) in [5, 5.41) is 7.74. The van der Waals surface area contributed by atoms with Gasteiger partial charge in [-0.25, -0.2) is 9.67 Å². The number of aromatic nitrogens is 3. The van der Waals surface area contributed by atoms with Crippen LogP contribution in [-0.2, 0) is 13.1 Å². The molecule has 1 aromatic heterocycles. The molecule has 1 aromatic rings. The van der Waals surface area contributed by atoms with Crippen LogP contribution in [0.15, 0.2) is 6.33 Å². The van der Waals surface area contributed by atoms with Gasteiger partial charge in [-0.2, -0.15) is 5.10 Å². The maximum absolute atomic E-state index is 4.29. The fourth-order valence-corrected chi connectivity index (χ4v) is 2.10. The van der Waals surface area contributed by atoms with Crippen LogP contribution >= 0.6 is 0 Å². The first-order chi connectivity index (χ1) is 7.79. The van der Waals surface area contributed by atoms with Crippen LogP contribution in [-0.4, -0.2) is 21.3 Å². The third-order valence-electron chi connectivity index (χ3n) is 3.62. The molecular formula is C12H22N4. The predicted molar refractivity (Wildman–Crippen MR) is 64.0 cm³/mol. The van der Waals surface area contributed by atoms with Crippen LogP contribution in [0, 0.1) is 5.41 Å². The highest BCUT2D eigenvalue weighted by atomic mass is 15.3. The van der Waals surface area contributed by atoms with Gasteiger partial charge in [0.05, 0.1) is 6.54 Å². The van der Waals surface area contributed by atoms with Crippen molar-refractivity contribution < 1.29 is 0 Å². The van der Waals surface area contributed by atoms with Gasteiger partial charge in [0.2, 0.25) is 0 Å². The monoisotopic (exact) mass is 222 g/mol. The summed E-state index contributed by atoms with van der Waals surface area (Å²) in [6, 6.07) is 0. The summed E-state index contributed by atoms with van der Waals surface area (Å²) in [4.78, 5) is 4.29. The Bertz CT molecular complexity index is 328. The Morgan fingerprint density at radius 2 is 2.25 bits per heavy atom. The molecule has 0 amide bonds. The van der Waals surface area contributed by atoms with Crippen LogP contribution < -0.4 is 5.32 Å². The van der Waals surface area contributed by atoms with E-state index in [1.54, 1.807) is 6.33 Å². The third-order valence-corrected chi connectivity index (χ3v) is 3.62. The fraction of sp³-hybridized carbons (Fsp3) is 0.833. The number of aryl methyl sites for hydroxylation is 1. The van der Waals surface area contributed by atoms with Gasteiger partial charge in [0.25, 0.3) is 0 Å². The minimum absolute atomic E-state index is 0.607. The molecular weight excluding hydrogens is 200 g/mol. The smallest absolute Gasteiger partial charge is 0.140 e. The van der Waals surface area contributed by atoms with Gasteiger partial charge < -0.3 is 5.32 Å². The molecule has 0 bridgehead atoms. The topological polar surface area (TPSA) is 42.7 Å². The van der Waals surface area contributed by atoms with Crippen molar-refractivity contribution >= 4 is 0 Å². The first-order valence-corrected chi connectivity index (χ1v) is 6.37. The third kappa shape index (κ3) is 2.61. The van der Waals surface area contributed by atoms with Crippen LogP contribution in [0.4, 0.5) is 0 Å². The van der Waals surface area contributed by atoms with E-state index in [4.69, 9.17) is 0 Å². The van der Waals surface area contributed by atoms with Gasteiger partial charge in [0, 0.05) is 13.1 Å². The van der Waals surface area contributed by atoms with Gasteiger partial charge in [-0.15, -0.1) is 0 Å². The van der Waals surface area contributed by atoms with Crippen LogP contribution in [0.2, 0.25) is 0 Å². The van der Waals surface area contributed by atoms with Crippen molar-refractivity contribution in [2.75, 3.05) is 6.54 Å². The van der Waals surface area contributed by atoms with E-state index in [1.165, 1.54) is 19.3 Å². The lowest BCUT2D eigenvalue weighted by atomic mass is 10.0. The van der Waals surface area contributed by atoms with Crippen molar-refractivity contribution in [3.63, 3.8) is 0 Å². The Balaban J connectivity index is 1.78. The van der Waals surface area contributed by atoms with Crippen molar-refractivity contribution in [1.29, 1.82) is 0 Å². The number of nitrogens with zero attached hydrogens (tertiary/aromatic N) is 3. The molecule has 0 spiro atoms. The van der Waals surface area contributed by atoms with Crippen LogP contribution in [0.25, 0.3) is 0 Å². The summed E-state index contributed by atoms with van der Waals surface area (Å²) < 4.78 is 2.00. The van der Waals surface area contributed by atoms with Gasteiger partial charge in [-0.05, 0) is 31.1 Å². The second kappa shape index (κ2) is 4.95. The Hall–Kier alpha value is -0.900. The van der Waals surface area contributed by atoms with E-state index in [-0.39, 0.29) is 0 Å². The van der Waals surface area contributed by atoms with Gasteiger partial charge in [-0.3, -0.25) is 0 Å². The SMILES string of the molecule is CCCn1ncnc1CNCC1(CC)CC1. The first-order valence-electron chi connectivity index (χ1n) is 6.37. The van der Waals surface area contributed by atoms with Crippen molar-refractivity contribution in [1.82, 2.24) is 20.1 Å². The molecule has 0 radical (unpaired) electrons. The molecule has 0 unspecified atom stereocenters. The molecule has 0 aliphatic heterocycles. The molecule has 90 valence electrons. The van der Waals surface area contributed by atoms with Crippen LogP contribution in [0.1, 0.15) is 45.4 Å². The molecule has 1 aliphatic carbocycles. The van der Waals surface area contributed by atoms with Crippen LogP contribution in [0.5, 0.6) is 0 Å². The van der Waals surface area contributed by atoms with E-state index in [1.807, 2.05) is 4.68 Å². The fourth-order valence-electron chi connectivity index (χ4n) is 2.10. The number of hydrogen-bond donors (Lipinski definition) is 1. The normalized spacial score (nSPS) is 17.6. The molecule has 0 atom stereocenters. The Labute approximate surface area is 97.5 Å². The molecule has 1 saturated carbocycles. The molecule has 0 aromatic carbocycles. The van der Waals surface area contributed by atoms with Crippen LogP contribution in [0.3, 0.4) is 0 Å². The molecule has 1 heterocycles. The van der Waals surface area contributed by atoms with Gasteiger partial charge >= 0.3 is 0 Å². The quantitative estimate of drug-likeness (QED) is 0.767. The van der Waals surface area contributed by atoms with E-state index < -0.39 is 0 Å². The molecule has 4 nitrogen and oxygen atoms in total. The van der Waals surface area contributed by atoms with Gasteiger partial charge in [-0.1, -0.05) is 13.8 Å². The van der Waals surface area contributed by atoms with E-state index in [2.05, 4.69) is 29.2 Å². The van der Waals surface area contributed by atoms with E-state index in [9.17, 15) is 0 Å². The van der Waals surface area contributed by atoms with Gasteiger partial charge in [0.15, 0.2) is 0 Å².